The van der Waals surface area contributed by atoms with Crippen LogP contribution < -0.4 is 0 Å². The van der Waals surface area contributed by atoms with Gasteiger partial charge >= 0.3 is 7.82 Å². The van der Waals surface area contributed by atoms with E-state index in [9.17, 15) is 17.9 Å². The van der Waals surface area contributed by atoms with E-state index in [0.717, 1.165) is 19.3 Å². The first-order valence-electron chi connectivity index (χ1n) is 13.7. The largest absolute Gasteiger partial charge is 0.472 e. The molecule has 7 nitrogen and oxygen atoms in total. The number of thioether (sulfide) groups is 1. The zero-order chi connectivity index (χ0) is 26.5. The highest BCUT2D eigenvalue weighted by atomic mass is 32.2. The van der Waals surface area contributed by atoms with Gasteiger partial charge in [0.15, 0.2) is 9.84 Å². The molecule has 0 radical (unpaired) electrons. The van der Waals surface area contributed by atoms with Crippen LogP contribution in [0.1, 0.15) is 96.8 Å². The molecule has 212 valence electrons. The number of hydrogen-bond acceptors (Lipinski definition) is 6. The van der Waals surface area contributed by atoms with Crippen molar-refractivity contribution in [2.75, 3.05) is 63.9 Å². The molecule has 0 saturated carbocycles. The molecule has 1 atom stereocenters. The summed E-state index contributed by atoms with van der Waals surface area (Å²) in [7, 11) is -1.08. The minimum atomic E-state index is -4.01. The Balaban J connectivity index is 3.55. The Morgan fingerprint density at radius 2 is 1.20 bits per heavy atom. The first-order valence-corrected chi connectivity index (χ1v) is 18.1. The number of sulfone groups is 1. The fourth-order valence-corrected chi connectivity index (χ4v) is 7.15. The number of phosphoric acid groups is 1. The van der Waals surface area contributed by atoms with Gasteiger partial charge in [-0.15, -0.1) is 0 Å². The van der Waals surface area contributed by atoms with Crippen LogP contribution in [0, 0.1) is 0 Å². The second-order valence-electron chi connectivity index (χ2n) is 10.5. The van der Waals surface area contributed by atoms with E-state index < -0.39 is 17.7 Å². The molecule has 0 aromatic heterocycles. The van der Waals surface area contributed by atoms with Crippen molar-refractivity contribution in [3.63, 3.8) is 0 Å². The van der Waals surface area contributed by atoms with Gasteiger partial charge in [-0.2, -0.15) is 11.8 Å². The molecule has 0 aliphatic carbocycles. The van der Waals surface area contributed by atoms with E-state index in [0.29, 0.717) is 29.0 Å². The predicted molar refractivity (Wildman–Crippen MR) is 151 cm³/mol. The van der Waals surface area contributed by atoms with E-state index >= 15 is 0 Å². The maximum absolute atomic E-state index is 12.2. The van der Waals surface area contributed by atoms with Gasteiger partial charge in [0.05, 0.1) is 39.3 Å². The summed E-state index contributed by atoms with van der Waals surface area (Å²) in [5.41, 5.74) is 0. The summed E-state index contributed by atoms with van der Waals surface area (Å²) in [5, 5.41) is 0. The predicted octanol–water partition coefficient (Wildman–Crippen LogP) is 6.46. The average molecular weight is 561 g/mol. The summed E-state index contributed by atoms with van der Waals surface area (Å²) in [6, 6.07) is 0. The highest BCUT2D eigenvalue weighted by Gasteiger charge is 2.22. The first kappa shape index (κ1) is 35.4. The van der Waals surface area contributed by atoms with Crippen LogP contribution in [0.2, 0.25) is 0 Å². The van der Waals surface area contributed by atoms with E-state index in [1.807, 2.05) is 21.1 Å². The van der Waals surface area contributed by atoms with Gasteiger partial charge < -0.3 is 9.38 Å². The molecule has 0 fully saturated rings. The monoisotopic (exact) mass is 560 g/mol. The van der Waals surface area contributed by atoms with Crippen molar-refractivity contribution >= 4 is 29.4 Å². The molecule has 0 rings (SSSR count). The van der Waals surface area contributed by atoms with Crippen molar-refractivity contribution < 1.29 is 31.4 Å². The molecule has 0 heterocycles. The van der Waals surface area contributed by atoms with Gasteiger partial charge in [0.25, 0.3) is 0 Å². The maximum atomic E-state index is 12.2. The van der Waals surface area contributed by atoms with Crippen molar-refractivity contribution in [2.24, 2.45) is 0 Å². The van der Waals surface area contributed by atoms with Crippen LogP contribution in [0.15, 0.2) is 0 Å². The Bertz CT molecular complexity index is 640. The van der Waals surface area contributed by atoms with E-state index in [4.69, 9.17) is 9.05 Å². The van der Waals surface area contributed by atoms with E-state index in [2.05, 4.69) is 6.92 Å². The van der Waals surface area contributed by atoms with Crippen molar-refractivity contribution in [3.05, 3.63) is 0 Å². The number of quaternary nitrogens is 1. The minimum Gasteiger partial charge on any atom is -0.329 e. The van der Waals surface area contributed by atoms with Gasteiger partial charge in [0.2, 0.25) is 0 Å². The third-order valence-corrected chi connectivity index (χ3v) is 9.88. The number of nitrogens with zero attached hydrogens (tertiary/aromatic N) is 1. The summed E-state index contributed by atoms with van der Waals surface area (Å²) in [6.07, 6.45) is 16.8. The minimum absolute atomic E-state index is 0.122. The van der Waals surface area contributed by atoms with Crippen LogP contribution in [-0.2, 0) is 23.4 Å². The van der Waals surface area contributed by atoms with Crippen LogP contribution in [0.5, 0.6) is 0 Å². The van der Waals surface area contributed by atoms with Crippen LogP contribution in [-0.4, -0.2) is 81.7 Å². The third-order valence-electron chi connectivity index (χ3n) is 5.80. The van der Waals surface area contributed by atoms with Gasteiger partial charge in [-0.3, -0.25) is 9.05 Å². The molecule has 0 spiro atoms. The molecule has 10 heteroatoms. The molecule has 0 aromatic carbocycles. The fraction of sp³-hybridized carbons (Fsp3) is 1.00. The molecule has 0 bridgehead atoms. The number of likely N-dealkylation sites (N-methyl/N-ethyl adjacent to an activating group) is 1. The smallest absolute Gasteiger partial charge is 0.329 e. The Morgan fingerprint density at radius 1 is 0.714 bits per heavy atom. The normalized spacial score (nSPS) is 14.3. The lowest BCUT2D eigenvalue weighted by atomic mass is 10.1. The summed E-state index contributed by atoms with van der Waals surface area (Å²) in [4.78, 5) is 9.66. The van der Waals surface area contributed by atoms with Gasteiger partial charge in [0, 0.05) is 5.75 Å². The average Bonchev–Trinajstić information content (AvgIpc) is 2.75. The molecular weight excluding hydrogens is 505 g/mol. The lowest BCUT2D eigenvalue weighted by Gasteiger charge is -2.24. The molecule has 0 saturated heterocycles. The lowest BCUT2D eigenvalue weighted by Crippen LogP contribution is -2.37. The van der Waals surface area contributed by atoms with Gasteiger partial charge in [-0.1, -0.05) is 84.0 Å². The highest BCUT2D eigenvalue weighted by Crippen LogP contribution is 2.43. The maximum Gasteiger partial charge on any atom is 0.472 e. The summed E-state index contributed by atoms with van der Waals surface area (Å²) < 4.78 is 46.8. The standard InChI is InChI=1S/C25H54NO6PS2/c1-5-6-7-8-9-10-11-12-13-14-15-16-17-24-35(29,30)25-23-34-22-18-20-31-33(27,28)32-21-19-26(2,3)4/h5-25H2,1-4H3/p+1. The first-order chi connectivity index (χ1) is 16.5. The van der Waals surface area contributed by atoms with Crippen LogP contribution >= 0.6 is 19.6 Å². The molecule has 1 N–H and O–H groups in total. The number of phosphoric ester groups is 1. The Hall–Kier alpha value is 0.370. The van der Waals surface area contributed by atoms with Crippen molar-refractivity contribution in [3.8, 4) is 0 Å². The van der Waals surface area contributed by atoms with E-state index in [-0.39, 0.29) is 24.7 Å². The molecule has 0 amide bonds. The van der Waals surface area contributed by atoms with Crippen LogP contribution in [0.25, 0.3) is 0 Å². The Labute approximate surface area is 221 Å². The van der Waals surface area contributed by atoms with Crippen molar-refractivity contribution in [1.82, 2.24) is 0 Å². The lowest BCUT2D eigenvalue weighted by molar-refractivity contribution is -0.870. The quantitative estimate of drug-likeness (QED) is 0.0738. The van der Waals surface area contributed by atoms with Crippen LogP contribution in [0.3, 0.4) is 0 Å². The molecular formula is C25H55NO6PS2+. The zero-order valence-corrected chi connectivity index (χ0v) is 25.6. The molecule has 35 heavy (non-hydrogen) atoms. The second kappa shape index (κ2) is 21.3. The zero-order valence-electron chi connectivity index (χ0n) is 23.0. The van der Waals surface area contributed by atoms with Crippen molar-refractivity contribution in [1.29, 1.82) is 0 Å². The highest BCUT2D eigenvalue weighted by molar-refractivity contribution is 8.00. The van der Waals surface area contributed by atoms with Gasteiger partial charge in [-0.25, -0.2) is 13.0 Å². The summed E-state index contributed by atoms with van der Waals surface area (Å²) >= 11 is 1.54. The fourth-order valence-electron chi connectivity index (χ4n) is 3.54. The summed E-state index contributed by atoms with van der Waals surface area (Å²) in [6.45, 7) is 3.14. The number of unbranched alkanes of at least 4 members (excludes halogenated alkanes) is 12. The van der Waals surface area contributed by atoms with Gasteiger partial charge in [0.1, 0.15) is 13.2 Å². The van der Waals surface area contributed by atoms with Crippen molar-refractivity contribution in [2.45, 2.75) is 96.8 Å². The third kappa shape index (κ3) is 27.2. The van der Waals surface area contributed by atoms with Gasteiger partial charge in [-0.05, 0) is 18.6 Å². The molecule has 0 aliphatic heterocycles. The second-order valence-corrected chi connectivity index (χ2v) is 15.5. The topological polar surface area (TPSA) is 89.9 Å². The molecule has 1 unspecified atom stereocenters. The Kier molecular flexibility index (Phi) is 21.5. The Morgan fingerprint density at radius 3 is 1.71 bits per heavy atom. The molecule has 0 aromatic rings. The number of rotatable bonds is 26. The number of hydrogen-bond donors (Lipinski definition) is 1. The summed E-state index contributed by atoms with van der Waals surface area (Å²) in [5.74, 6) is 1.72. The molecule has 0 aliphatic rings. The van der Waals surface area contributed by atoms with E-state index in [1.54, 1.807) is 11.8 Å². The van der Waals surface area contributed by atoms with E-state index in [1.165, 1.54) is 64.2 Å². The SMILES string of the molecule is CCCCCCCCCCCCCCCS(=O)(=O)CCSCCCOP(=O)(O)OCC[N+](C)(C)C. The van der Waals surface area contributed by atoms with Crippen LogP contribution in [0.4, 0.5) is 0 Å².